The van der Waals surface area contributed by atoms with E-state index in [0.717, 1.165) is 16.9 Å². The number of hydrogen-bond donors (Lipinski definition) is 3. The monoisotopic (exact) mass is 408 g/mol. The van der Waals surface area contributed by atoms with Gasteiger partial charge in [0.05, 0.1) is 12.4 Å². The number of aliphatic hydroxyl groups excluding tert-OH is 1. The van der Waals surface area contributed by atoms with Crippen LogP contribution >= 0.6 is 0 Å². The summed E-state index contributed by atoms with van der Waals surface area (Å²) < 4.78 is 15.8. The molecule has 2 heterocycles. The van der Waals surface area contributed by atoms with Gasteiger partial charge in [0.2, 0.25) is 6.79 Å². The minimum Gasteiger partial charge on any atom is -0.464 e. The zero-order chi connectivity index (χ0) is 20.9. The van der Waals surface area contributed by atoms with Crippen molar-refractivity contribution in [1.29, 1.82) is 0 Å². The summed E-state index contributed by atoms with van der Waals surface area (Å²) in [6.45, 7) is 0.248. The van der Waals surface area contributed by atoms with E-state index >= 15 is 0 Å². The molecular weight excluding hydrogens is 388 g/mol. The Morgan fingerprint density at radius 3 is 2.50 bits per heavy atom. The van der Waals surface area contributed by atoms with Crippen LogP contribution in [0, 0.1) is 0 Å². The molecule has 1 aliphatic heterocycles. The van der Waals surface area contributed by atoms with Crippen LogP contribution in [0.15, 0.2) is 65.3 Å². The number of fused-ring (bicyclic) bond motifs is 1. The lowest BCUT2D eigenvalue weighted by molar-refractivity contribution is -0.139. The van der Waals surface area contributed by atoms with E-state index in [1.807, 2.05) is 18.2 Å². The maximum absolute atomic E-state index is 12.0. The number of rotatable bonds is 6. The molecule has 0 unspecified atom stereocenters. The number of furan rings is 1. The van der Waals surface area contributed by atoms with Gasteiger partial charge in [-0.1, -0.05) is 30.3 Å². The van der Waals surface area contributed by atoms with Crippen LogP contribution in [0.2, 0.25) is 0 Å². The third kappa shape index (κ3) is 4.44. The molecule has 8 nitrogen and oxygen atoms in total. The van der Waals surface area contributed by atoms with E-state index in [4.69, 9.17) is 13.9 Å². The molecule has 0 radical (unpaired) electrons. The Bertz CT molecular complexity index is 1030. The molecule has 8 heteroatoms. The van der Waals surface area contributed by atoms with Gasteiger partial charge < -0.3 is 29.6 Å². The Hall–Kier alpha value is -3.78. The summed E-state index contributed by atoms with van der Waals surface area (Å²) in [6, 6.07) is 16.0. The summed E-state index contributed by atoms with van der Waals surface area (Å²) >= 11 is 0. The fourth-order valence-corrected chi connectivity index (χ4v) is 3.01. The molecule has 0 saturated heterocycles. The standard InChI is InChI=1S/C22H20N2O6/c25-17(15-4-6-16(7-5-15)18-2-1-9-28-18)12-24-22(27)21(26)23-11-14-3-8-19-20(10-14)30-13-29-19/h1-10,17,25H,11-13H2,(H,23,26)(H,24,27)/t17-/m1/s1. The van der Waals surface area contributed by atoms with E-state index in [1.165, 1.54) is 0 Å². The van der Waals surface area contributed by atoms with Gasteiger partial charge in [0.1, 0.15) is 5.76 Å². The highest BCUT2D eigenvalue weighted by atomic mass is 16.7. The smallest absolute Gasteiger partial charge is 0.309 e. The summed E-state index contributed by atoms with van der Waals surface area (Å²) in [5, 5.41) is 15.2. The Balaban J connectivity index is 1.25. The van der Waals surface area contributed by atoms with E-state index in [2.05, 4.69) is 10.6 Å². The second-order valence-electron chi connectivity index (χ2n) is 6.70. The molecule has 1 aliphatic rings. The van der Waals surface area contributed by atoms with Crippen LogP contribution < -0.4 is 20.1 Å². The first kappa shape index (κ1) is 19.5. The second-order valence-corrected chi connectivity index (χ2v) is 6.70. The molecule has 1 aromatic heterocycles. The van der Waals surface area contributed by atoms with E-state index in [0.29, 0.717) is 17.1 Å². The number of aliphatic hydroxyl groups is 1. The summed E-state index contributed by atoms with van der Waals surface area (Å²) in [5.41, 5.74) is 2.27. The average Bonchev–Trinajstić information content (AvgIpc) is 3.47. The number of benzene rings is 2. The molecular formula is C22H20N2O6. The van der Waals surface area contributed by atoms with Crippen LogP contribution in [-0.4, -0.2) is 30.3 Å². The molecule has 0 spiro atoms. The molecule has 154 valence electrons. The van der Waals surface area contributed by atoms with Crippen molar-refractivity contribution >= 4 is 11.8 Å². The zero-order valence-corrected chi connectivity index (χ0v) is 16.0. The Morgan fingerprint density at radius 1 is 0.967 bits per heavy atom. The van der Waals surface area contributed by atoms with Gasteiger partial charge in [0, 0.05) is 18.7 Å². The fraction of sp³-hybridized carbons (Fsp3) is 0.182. The molecule has 2 aromatic carbocycles. The lowest BCUT2D eigenvalue weighted by atomic mass is 10.1. The largest absolute Gasteiger partial charge is 0.464 e. The number of ether oxygens (including phenoxy) is 2. The summed E-state index contributed by atoms with van der Waals surface area (Å²) in [7, 11) is 0. The number of nitrogens with one attached hydrogen (secondary N) is 2. The molecule has 0 saturated carbocycles. The van der Waals surface area contributed by atoms with Crippen molar-refractivity contribution in [1.82, 2.24) is 10.6 Å². The Morgan fingerprint density at radius 2 is 1.73 bits per heavy atom. The van der Waals surface area contributed by atoms with E-state index < -0.39 is 17.9 Å². The Labute approximate surface area is 172 Å². The van der Waals surface area contributed by atoms with Gasteiger partial charge in [0.15, 0.2) is 11.5 Å². The Kier molecular flexibility index (Phi) is 5.67. The van der Waals surface area contributed by atoms with Crippen LogP contribution in [0.5, 0.6) is 11.5 Å². The molecule has 0 fully saturated rings. The summed E-state index contributed by atoms with van der Waals surface area (Å²) in [6.07, 6.45) is 0.645. The van der Waals surface area contributed by atoms with E-state index in [1.54, 1.807) is 42.7 Å². The molecule has 4 rings (SSSR count). The lowest BCUT2D eigenvalue weighted by Crippen LogP contribution is -2.41. The van der Waals surface area contributed by atoms with Crippen molar-refractivity contribution in [2.24, 2.45) is 0 Å². The number of carbonyl (C=O) groups is 2. The predicted molar refractivity (Wildman–Crippen MR) is 107 cm³/mol. The maximum Gasteiger partial charge on any atom is 0.309 e. The topological polar surface area (TPSA) is 110 Å². The second kappa shape index (κ2) is 8.71. The van der Waals surface area contributed by atoms with Gasteiger partial charge in [-0.25, -0.2) is 0 Å². The van der Waals surface area contributed by atoms with Crippen molar-refractivity contribution in [3.63, 3.8) is 0 Å². The SMILES string of the molecule is O=C(NCc1ccc2c(c1)OCO2)C(=O)NC[C@@H](O)c1ccc(-c2ccco2)cc1. The molecule has 1 atom stereocenters. The van der Waals surface area contributed by atoms with E-state index in [-0.39, 0.29) is 19.9 Å². The highest BCUT2D eigenvalue weighted by Gasteiger charge is 2.17. The van der Waals surface area contributed by atoms with Crippen molar-refractivity contribution in [3.8, 4) is 22.8 Å². The molecule has 3 N–H and O–H groups in total. The van der Waals surface area contributed by atoms with Crippen LogP contribution in [0.3, 0.4) is 0 Å². The van der Waals surface area contributed by atoms with Crippen molar-refractivity contribution in [3.05, 3.63) is 72.0 Å². The van der Waals surface area contributed by atoms with Crippen LogP contribution in [0.1, 0.15) is 17.2 Å². The van der Waals surface area contributed by atoms with Crippen molar-refractivity contribution < 1.29 is 28.6 Å². The number of carbonyl (C=O) groups excluding carboxylic acids is 2. The van der Waals surface area contributed by atoms with Gasteiger partial charge in [-0.15, -0.1) is 0 Å². The minimum absolute atomic E-state index is 0.0869. The van der Waals surface area contributed by atoms with Gasteiger partial charge in [-0.2, -0.15) is 0 Å². The average molecular weight is 408 g/mol. The summed E-state index contributed by atoms with van der Waals surface area (Å²) in [5.74, 6) is 0.375. The van der Waals surface area contributed by atoms with Crippen molar-refractivity contribution in [2.45, 2.75) is 12.6 Å². The summed E-state index contributed by atoms with van der Waals surface area (Å²) in [4.78, 5) is 24.0. The highest BCUT2D eigenvalue weighted by molar-refractivity contribution is 6.35. The lowest BCUT2D eigenvalue weighted by Gasteiger charge is -2.13. The number of hydrogen-bond acceptors (Lipinski definition) is 6. The van der Waals surface area contributed by atoms with Crippen LogP contribution in [-0.2, 0) is 16.1 Å². The van der Waals surface area contributed by atoms with Gasteiger partial charge in [-0.3, -0.25) is 9.59 Å². The fourth-order valence-electron chi connectivity index (χ4n) is 3.01. The van der Waals surface area contributed by atoms with Crippen molar-refractivity contribution in [2.75, 3.05) is 13.3 Å². The third-order valence-electron chi connectivity index (χ3n) is 4.65. The van der Waals surface area contributed by atoms with E-state index in [9.17, 15) is 14.7 Å². The maximum atomic E-state index is 12.0. The predicted octanol–water partition coefficient (Wildman–Crippen LogP) is 2.14. The van der Waals surface area contributed by atoms with Gasteiger partial charge in [-0.05, 0) is 35.4 Å². The first-order valence-corrected chi connectivity index (χ1v) is 9.36. The third-order valence-corrected chi connectivity index (χ3v) is 4.65. The van der Waals surface area contributed by atoms with Gasteiger partial charge in [0.25, 0.3) is 0 Å². The quantitative estimate of drug-likeness (QED) is 0.539. The highest BCUT2D eigenvalue weighted by Crippen LogP contribution is 2.32. The normalized spacial score (nSPS) is 13.0. The first-order valence-electron chi connectivity index (χ1n) is 9.36. The molecule has 0 aliphatic carbocycles. The van der Waals surface area contributed by atoms with Crippen LogP contribution in [0.4, 0.5) is 0 Å². The van der Waals surface area contributed by atoms with Gasteiger partial charge >= 0.3 is 11.8 Å². The molecule has 0 bridgehead atoms. The molecule has 2 amide bonds. The first-order chi connectivity index (χ1) is 14.6. The minimum atomic E-state index is -0.943. The van der Waals surface area contributed by atoms with Crippen LogP contribution in [0.25, 0.3) is 11.3 Å². The molecule has 30 heavy (non-hydrogen) atoms. The zero-order valence-electron chi connectivity index (χ0n) is 16.0. The molecule has 3 aromatic rings. The number of amides is 2.